The number of likely N-dealkylation sites (N-methyl/N-ethyl adjacent to an activating group) is 1. The fourth-order valence-corrected chi connectivity index (χ4v) is 4.18. The summed E-state index contributed by atoms with van der Waals surface area (Å²) in [5, 5.41) is 9.31. The van der Waals surface area contributed by atoms with Crippen LogP contribution in [-0.2, 0) is 17.8 Å². The number of pyridine rings is 1. The number of rotatable bonds is 9. The van der Waals surface area contributed by atoms with Crippen molar-refractivity contribution in [3.05, 3.63) is 71.9 Å². The molecule has 2 aromatic heterocycles. The molecule has 1 aliphatic heterocycles. The average Bonchev–Trinajstić information content (AvgIpc) is 3.21. The molecule has 3 heterocycles. The summed E-state index contributed by atoms with van der Waals surface area (Å²) in [5.41, 5.74) is 1.27. The molecule has 1 aliphatic rings. The molecule has 0 aliphatic carbocycles. The molecule has 0 spiro atoms. The van der Waals surface area contributed by atoms with E-state index in [-0.39, 0.29) is 0 Å². The van der Waals surface area contributed by atoms with Gasteiger partial charge in [-0.2, -0.15) is 0 Å². The molecule has 4 rings (SSSR count). The van der Waals surface area contributed by atoms with E-state index < -0.39 is 0 Å². The molecule has 0 bridgehead atoms. The lowest BCUT2D eigenvalue weighted by atomic mass is 9.95. The number of methoxy groups -OCH3 is 1. The van der Waals surface area contributed by atoms with E-state index in [1.165, 1.54) is 5.56 Å². The second kappa shape index (κ2) is 10.5. The van der Waals surface area contributed by atoms with E-state index in [4.69, 9.17) is 4.74 Å². The van der Waals surface area contributed by atoms with Gasteiger partial charge in [0.05, 0.1) is 19.7 Å². The minimum absolute atomic E-state index is 0.411. The minimum atomic E-state index is 0.411. The molecule has 31 heavy (non-hydrogen) atoms. The Morgan fingerprint density at radius 3 is 2.52 bits per heavy atom. The number of hydrogen-bond acceptors (Lipinski definition) is 6. The van der Waals surface area contributed by atoms with Crippen LogP contribution in [0.5, 0.6) is 0 Å². The van der Waals surface area contributed by atoms with Crippen LogP contribution >= 0.6 is 0 Å². The summed E-state index contributed by atoms with van der Waals surface area (Å²) in [4.78, 5) is 9.12. The zero-order chi connectivity index (χ0) is 21.5. The Hall–Kier alpha value is -2.77. The first kappa shape index (κ1) is 21.5. The molecule has 3 aromatic rings. The molecule has 1 saturated heterocycles. The summed E-state index contributed by atoms with van der Waals surface area (Å²) in [7, 11) is 3.84. The topological polar surface area (TPSA) is 59.3 Å². The van der Waals surface area contributed by atoms with Crippen LogP contribution in [0.25, 0.3) is 0 Å². The van der Waals surface area contributed by atoms with Gasteiger partial charge in [-0.1, -0.05) is 36.4 Å². The standard InChI is InChI=1S/C24H32N6O/c1-28(16-17-31-2)19-23-26-27-24(30(23)18-20-8-4-3-5-9-20)21-11-14-29(15-12-21)22-10-6-7-13-25-22/h3-10,13,21H,11-12,14-19H2,1-2H3. The molecule has 0 radical (unpaired) electrons. The Balaban J connectivity index is 1.51. The van der Waals surface area contributed by atoms with Gasteiger partial charge in [0.1, 0.15) is 17.5 Å². The fourth-order valence-electron chi connectivity index (χ4n) is 4.18. The van der Waals surface area contributed by atoms with Gasteiger partial charge in [0.15, 0.2) is 0 Å². The maximum Gasteiger partial charge on any atom is 0.147 e. The van der Waals surface area contributed by atoms with Crippen molar-refractivity contribution < 1.29 is 4.74 Å². The van der Waals surface area contributed by atoms with Crippen molar-refractivity contribution in [2.45, 2.75) is 31.8 Å². The molecule has 7 nitrogen and oxygen atoms in total. The van der Waals surface area contributed by atoms with Crippen LogP contribution in [0.2, 0.25) is 0 Å². The Labute approximate surface area is 184 Å². The second-order valence-corrected chi connectivity index (χ2v) is 8.23. The van der Waals surface area contributed by atoms with Gasteiger partial charge in [-0.05, 0) is 37.6 Å². The number of piperidine rings is 1. The number of hydrogen-bond donors (Lipinski definition) is 0. The smallest absolute Gasteiger partial charge is 0.147 e. The van der Waals surface area contributed by atoms with E-state index in [2.05, 4.69) is 79.1 Å². The molecular formula is C24H32N6O. The Morgan fingerprint density at radius 2 is 1.81 bits per heavy atom. The Kier molecular flexibility index (Phi) is 7.27. The van der Waals surface area contributed by atoms with Crippen LogP contribution in [0, 0.1) is 0 Å². The summed E-state index contributed by atoms with van der Waals surface area (Å²) < 4.78 is 7.56. The maximum atomic E-state index is 5.23. The van der Waals surface area contributed by atoms with Gasteiger partial charge < -0.3 is 14.2 Å². The molecule has 1 aromatic carbocycles. The summed E-state index contributed by atoms with van der Waals surface area (Å²) >= 11 is 0. The van der Waals surface area contributed by atoms with Gasteiger partial charge >= 0.3 is 0 Å². The first-order chi connectivity index (χ1) is 15.2. The number of anilines is 1. The summed E-state index contributed by atoms with van der Waals surface area (Å²) in [6, 6.07) is 16.7. The van der Waals surface area contributed by atoms with Crippen molar-refractivity contribution in [3.63, 3.8) is 0 Å². The third-order valence-corrected chi connectivity index (χ3v) is 5.96. The molecule has 0 unspecified atom stereocenters. The third kappa shape index (κ3) is 5.48. The minimum Gasteiger partial charge on any atom is -0.383 e. The monoisotopic (exact) mass is 420 g/mol. The van der Waals surface area contributed by atoms with E-state index >= 15 is 0 Å². The number of ether oxygens (including phenoxy) is 1. The molecule has 0 saturated carbocycles. The number of nitrogens with zero attached hydrogens (tertiary/aromatic N) is 6. The lowest BCUT2D eigenvalue weighted by Crippen LogP contribution is -2.34. The van der Waals surface area contributed by atoms with Crippen LogP contribution in [0.4, 0.5) is 5.82 Å². The SMILES string of the molecule is COCCN(C)Cc1nnc(C2CCN(c3ccccn3)CC2)n1Cc1ccccc1. The average molecular weight is 421 g/mol. The summed E-state index contributed by atoms with van der Waals surface area (Å²) in [5.74, 6) is 3.60. The van der Waals surface area contributed by atoms with Gasteiger partial charge in [0.25, 0.3) is 0 Å². The molecule has 0 N–H and O–H groups in total. The highest BCUT2D eigenvalue weighted by Gasteiger charge is 2.27. The van der Waals surface area contributed by atoms with Gasteiger partial charge in [0.2, 0.25) is 0 Å². The second-order valence-electron chi connectivity index (χ2n) is 8.23. The predicted molar refractivity (Wildman–Crippen MR) is 122 cm³/mol. The molecule has 1 fully saturated rings. The normalized spacial score (nSPS) is 15.0. The van der Waals surface area contributed by atoms with E-state index in [1.807, 2.05) is 12.3 Å². The van der Waals surface area contributed by atoms with E-state index in [1.54, 1.807) is 7.11 Å². The lowest BCUT2D eigenvalue weighted by molar-refractivity contribution is 0.156. The van der Waals surface area contributed by atoms with Crippen molar-refractivity contribution in [2.24, 2.45) is 0 Å². The third-order valence-electron chi connectivity index (χ3n) is 5.96. The zero-order valence-electron chi connectivity index (χ0n) is 18.5. The largest absolute Gasteiger partial charge is 0.383 e. The fraction of sp³-hybridized carbons (Fsp3) is 0.458. The van der Waals surface area contributed by atoms with Crippen LogP contribution in [0.3, 0.4) is 0 Å². The van der Waals surface area contributed by atoms with Gasteiger partial charge in [-0.3, -0.25) is 4.90 Å². The molecule has 164 valence electrons. The zero-order valence-corrected chi connectivity index (χ0v) is 18.5. The number of aromatic nitrogens is 4. The highest BCUT2D eigenvalue weighted by Crippen LogP contribution is 2.29. The van der Waals surface area contributed by atoms with Crippen molar-refractivity contribution in [2.75, 3.05) is 45.3 Å². The van der Waals surface area contributed by atoms with Crippen LogP contribution in [-0.4, -0.2) is 65.0 Å². The molecule has 7 heteroatoms. The molecule has 0 atom stereocenters. The Morgan fingerprint density at radius 1 is 1.03 bits per heavy atom. The van der Waals surface area contributed by atoms with Crippen molar-refractivity contribution >= 4 is 5.82 Å². The van der Waals surface area contributed by atoms with Gasteiger partial charge in [-0.25, -0.2) is 4.98 Å². The molecular weight excluding hydrogens is 388 g/mol. The highest BCUT2D eigenvalue weighted by atomic mass is 16.5. The van der Waals surface area contributed by atoms with Crippen molar-refractivity contribution in [1.82, 2.24) is 24.6 Å². The van der Waals surface area contributed by atoms with Gasteiger partial charge in [-0.15, -0.1) is 10.2 Å². The first-order valence-electron chi connectivity index (χ1n) is 11.0. The lowest BCUT2D eigenvalue weighted by Gasteiger charge is -2.32. The van der Waals surface area contributed by atoms with Crippen LogP contribution in [0.15, 0.2) is 54.7 Å². The molecule has 0 amide bonds. The quantitative estimate of drug-likeness (QED) is 0.530. The van der Waals surface area contributed by atoms with E-state index in [0.29, 0.717) is 12.5 Å². The van der Waals surface area contributed by atoms with Gasteiger partial charge in [0, 0.05) is 38.9 Å². The summed E-state index contributed by atoms with van der Waals surface area (Å²) in [6.45, 7) is 5.12. The highest BCUT2D eigenvalue weighted by molar-refractivity contribution is 5.38. The van der Waals surface area contributed by atoms with E-state index in [9.17, 15) is 0 Å². The Bertz CT molecular complexity index is 922. The van der Waals surface area contributed by atoms with E-state index in [0.717, 1.165) is 63.0 Å². The van der Waals surface area contributed by atoms with Crippen molar-refractivity contribution in [1.29, 1.82) is 0 Å². The summed E-state index contributed by atoms with van der Waals surface area (Å²) in [6.07, 6.45) is 3.98. The first-order valence-corrected chi connectivity index (χ1v) is 11.0. The van der Waals surface area contributed by atoms with Crippen LogP contribution in [0.1, 0.15) is 36.0 Å². The number of benzene rings is 1. The maximum absolute atomic E-state index is 5.23. The van der Waals surface area contributed by atoms with Crippen molar-refractivity contribution in [3.8, 4) is 0 Å². The predicted octanol–water partition coefficient (Wildman–Crippen LogP) is 3.18. The van der Waals surface area contributed by atoms with Crippen LogP contribution < -0.4 is 4.90 Å².